The van der Waals surface area contributed by atoms with Crippen LogP contribution in [0.4, 0.5) is 0 Å². The van der Waals surface area contributed by atoms with E-state index >= 15 is 0 Å². The zero-order valence-electron chi connectivity index (χ0n) is 11.9. The number of carbonyl (C=O) groups excluding carboxylic acids is 1. The normalized spacial score (nSPS) is 27.4. The molecule has 20 heavy (non-hydrogen) atoms. The molecule has 0 spiro atoms. The van der Waals surface area contributed by atoms with E-state index in [1.807, 2.05) is 6.92 Å². The van der Waals surface area contributed by atoms with Crippen LogP contribution in [0.1, 0.15) is 19.8 Å². The van der Waals surface area contributed by atoms with Crippen LogP contribution < -0.4 is 0 Å². The Balaban J connectivity index is 1.96. The summed E-state index contributed by atoms with van der Waals surface area (Å²) < 4.78 is 38.0. The fourth-order valence-electron chi connectivity index (χ4n) is 2.65. The molecule has 7 nitrogen and oxygen atoms in total. The van der Waals surface area contributed by atoms with Crippen molar-refractivity contribution in [1.82, 2.24) is 8.61 Å². The molecular formula is C12H22N2O5S. The molecule has 0 aromatic heterocycles. The number of carbonyl (C=O) groups is 1. The van der Waals surface area contributed by atoms with Gasteiger partial charge >= 0.3 is 5.97 Å². The third-order valence-corrected chi connectivity index (χ3v) is 5.85. The molecule has 2 rings (SSSR count). The Morgan fingerprint density at radius 3 is 2.40 bits per heavy atom. The van der Waals surface area contributed by atoms with Crippen molar-refractivity contribution in [1.29, 1.82) is 0 Å². The summed E-state index contributed by atoms with van der Waals surface area (Å²) in [6.45, 7) is 3.81. The molecule has 2 aliphatic rings. The molecule has 0 radical (unpaired) electrons. The van der Waals surface area contributed by atoms with Crippen LogP contribution >= 0.6 is 0 Å². The summed E-state index contributed by atoms with van der Waals surface area (Å²) in [6.07, 6.45) is 0.962. The van der Waals surface area contributed by atoms with Gasteiger partial charge in [-0.2, -0.15) is 17.0 Å². The zero-order valence-corrected chi connectivity index (χ0v) is 12.8. The van der Waals surface area contributed by atoms with Gasteiger partial charge in [-0.3, -0.25) is 4.79 Å². The van der Waals surface area contributed by atoms with Gasteiger partial charge in [0.1, 0.15) is 0 Å². The molecule has 1 unspecified atom stereocenters. The van der Waals surface area contributed by atoms with Crippen LogP contribution in [0, 0.1) is 5.92 Å². The monoisotopic (exact) mass is 306 g/mol. The second kappa shape index (κ2) is 6.38. The molecule has 2 fully saturated rings. The van der Waals surface area contributed by atoms with Crippen LogP contribution in [0.3, 0.4) is 0 Å². The number of hydrogen-bond acceptors (Lipinski definition) is 5. The molecule has 0 bridgehead atoms. The van der Waals surface area contributed by atoms with Crippen LogP contribution in [0.15, 0.2) is 0 Å². The first-order valence-electron chi connectivity index (χ1n) is 6.90. The number of morpholine rings is 1. The maximum absolute atomic E-state index is 12.5. The molecule has 0 aromatic carbocycles. The second-order valence-electron chi connectivity index (χ2n) is 5.24. The van der Waals surface area contributed by atoms with E-state index in [0.717, 1.165) is 0 Å². The van der Waals surface area contributed by atoms with Crippen molar-refractivity contribution >= 4 is 16.2 Å². The summed E-state index contributed by atoms with van der Waals surface area (Å²) >= 11 is 0. The van der Waals surface area contributed by atoms with E-state index < -0.39 is 10.2 Å². The Kier molecular flexibility index (Phi) is 5.00. The van der Waals surface area contributed by atoms with E-state index in [4.69, 9.17) is 9.47 Å². The van der Waals surface area contributed by atoms with Crippen LogP contribution in [-0.4, -0.2) is 69.0 Å². The van der Waals surface area contributed by atoms with Gasteiger partial charge in [0.05, 0.1) is 25.7 Å². The Bertz CT molecular complexity index is 445. The predicted octanol–water partition coefficient (Wildman–Crippen LogP) is -0.163. The fraction of sp³-hybridized carbons (Fsp3) is 0.917. The van der Waals surface area contributed by atoms with Gasteiger partial charge in [-0.25, -0.2) is 0 Å². The van der Waals surface area contributed by atoms with E-state index in [1.165, 1.54) is 15.7 Å². The van der Waals surface area contributed by atoms with Crippen LogP contribution in [-0.2, 0) is 24.5 Å². The molecule has 0 saturated carbocycles. The highest BCUT2D eigenvalue weighted by molar-refractivity contribution is 7.86. The lowest BCUT2D eigenvalue weighted by Gasteiger charge is -2.37. The summed E-state index contributed by atoms with van der Waals surface area (Å²) in [7, 11) is -2.08. The molecule has 0 N–H and O–H groups in total. The number of hydrogen-bond donors (Lipinski definition) is 0. The molecule has 0 aromatic rings. The molecule has 0 amide bonds. The Morgan fingerprint density at radius 2 is 1.85 bits per heavy atom. The van der Waals surface area contributed by atoms with Crippen LogP contribution in [0.2, 0.25) is 0 Å². The van der Waals surface area contributed by atoms with Gasteiger partial charge in [-0.1, -0.05) is 0 Å². The summed E-state index contributed by atoms with van der Waals surface area (Å²) in [5.41, 5.74) is 0. The zero-order chi connectivity index (χ0) is 14.8. The van der Waals surface area contributed by atoms with E-state index in [0.29, 0.717) is 45.6 Å². The minimum Gasteiger partial charge on any atom is -0.469 e. The molecule has 2 heterocycles. The summed E-state index contributed by atoms with van der Waals surface area (Å²) in [5.74, 6) is -0.433. The number of rotatable bonds is 3. The van der Waals surface area contributed by atoms with Gasteiger partial charge in [-0.05, 0) is 19.8 Å². The molecular weight excluding hydrogens is 284 g/mol. The Hall–Kier alpha value is -0.700. The van der Waals surface area contributed by atoms with E-state index in [-0.39, 0.29) is 18.0 Å². The summed E-state index contributed by atoms with van der Waals surface area (Å²) in [6, 6.07) is 0. The fourth-order valence-corrected chi connectivity index (χ4v) is 4.35. The van der Waals surface area contributed by atoms with E-state index in [2.05, 4.69) is 0 Å². The maximum atomic E-state index is 12.5. The van der Waals surface area contributed by atoms with Crippen LogP contribution in [0.5, 0.6) is 0 Å². The lowest BCUT2D eigenvalue weighted by Crippen LogP contribution is -2.52. The predicted molar refractivity (Wildman–Crippen MR) is 72.2 cm³/mol. The molecule has 2 saturated heterocycles. The number of ether oxygens (including phenoxy) is 2. The quantitative estimate of drug-likeness (QED) is 0.677. The van der Waals surface area contributed by atoms with Crippen LogP contribution in [0.25, 0.3) is 0 Å². The Labute approximate surface area is 120 Å². The maximum Gasteiger partial charge on any atom is 0.308 e. The number of esters is 1. The minimum atomic E-state index is -3.44. The topological polar surface area (TPSA) is 76.2 Å². The van der Waals surface area contributed by atoms with Crippen molar-refractivity contribution in [2.75, 3.05) is 39.9 Å². The van der Waals surface area contributed by atoms with Gasteiger partial charge in [0.25, 0.3) is 10.2 Å². The average molecular weight is 306 g/mol. The standard InChI is InChI=1S/C12H22N2O5S/c1-10-9-14(7-8-19-10)20(16,17)13-5-3-11(4-6-13)12(15)18-2/h10-11H,3-9H2,1-2H3. The minimum absolute atomic E-state index is 0.0777. The molecule has 1 atom stereocenters. The summed E-state index contributed by atoms with van der Waals surface area (Å²) in [5, 5.41) is 0. The third-order valence-electron chi connectivity index (χ3n) is 3.84. The highest BCUT2D eigenvalue weighted by Crippen LogP contribution is 2.23. The molecule has 8 heteroatoms. The van der Waals surface area contributed by atoms with Gasteiger partial charge in [0.2, 0.25) is 0 Å². The van der Waals surface area contributed by atoms with Gasteiger partial charge in [0, 0.05) is 26.2 Å². The lowest BCUT2D eigenvalue weighted by atomic mass is 9.99. The largest absolute Gasteiger partial charge is 0.469 e. The van der Waals surface area contributed by atoms with Crippen molar-refractivity contribution in [3.8, 4) is 0 Å². The summed E-state index contributed by atoms with van der Waals surface area (Å²) in [4.78, 5) is 11.5. The SMILES string of the molecule is COC(=O)C1CCN(S(=O)(=O)N2CCOC(C)C2)CC1. The first-order valence-corrected chi connectivity index (χ1v) is 8.29. The van der Waals surface area contributed by atoms with Crippen molar-refractivity contribution in [2.24, 2.45) is 5.92 Å². The Morgan fingerprint density at radius 1 is 1.20 bits per heavy atom. The van der Waals surface area contributed by atoms with E-state index in [9.17, 15) is 13.2 Å². The van der Waals surface area contributed by atoms with E-state index in [1.54, 1.807) is 0 Å². The van der Waals surface area contributed by atoms with Crippen molar-refractivity contribution < 1.29 is 22.7 Å². The van der Waals surface area contributed by atoms with Crippen molar-refractivity contribution in [2.45, 2.75) is 25.9 Å². The van der Waals surface area contributed by atoms with Crippen molar-refractivity contribution in [3.05, 3.63) is 0 Å². The first kappa shape index (κ1) is 15.7. The molecule has 116 valence electrons. The average Bonchev–Trinajstić information content (AvgIpc) is 2.46. The number of piperidine rings is 1. The van der Waals surface area contributed by atoms with Crippen molar-refractivity contribution in [3.63, 3.8) is 0 Å². The van der Waals surface area contributed by atoms with Gasteiger partial charge in [-0.15, -0.1) is 0 Å². The lowest BCUT2D eigenvalue weighted by molar-refractivity contribution is -0.146. The highest BCUT2D eigenvalue weighted by Gasteiger charge is 2.36. The molecule has 2 aliphatic heterocycles. The third kappa shape index (κ3) is 3.30. The highest BCUT2D eigenvalue weighted by atomic mass is 32.2. The smallest absolute Gasteiger partial charge is 0.308 e. The molecule has 0 aliphatic carbocycles. The first-order chi connectivity index (χ1) is 9.45. The number of nitrogens with zero attached hydrogens (tertiary/aromatic N) is 2. The number of methoxy groups -OCH3 is 1. The van der Waals surface area contributed by atoms with Gasteiger partial charge in [0.15, 0.2) is 0 Å². The van der Waals surface area contributed by atoms with Gasteiger partial charge < -0.3 is 9.47 Å². The second-order valence-corrected chi connectivity index (χ2v) is 7.17.